The summed E-state index contributed by atoms with van der Waals surface area (Å²) >= 11 is 1.15. The molecule has 0 bridgehead atoms. The van der Waals surface area contributed by atoms with Crippen LogP contribution in [0, 0.1) is 11.8 Å². The number of hydrogen-bond donors (Lipinski definition) is 2. The Balaban J connectivity index is 1.43. The molecule has 6 nitrogen and oxygen atoms in total. The molecule has 1 aliphatic carbocycles. The molecule has 25 heavy (non-hydrogen) atoms. The predicted molar refractivity (Wildman–Crippen MR) is 96.3 cm³/mol. The Morgan fingerprint density at radius 1 is 1.32 bits per heavy atom. The number of aromatic nitrogens is 2. The average molecular weight is 358 g/mol. The number of piperidine rings is 1. The van der Waals surface area contributed by atoms with Gasteiger partial charge in [-0.15, -0.1) is 0 Å². The van der Waals surface area contributed by atoms with Crippen molar-refractivity contribution in [2.75, 3.05) is 0 Å². The summed E-state index contributed by atoms with van der Waals surface area (Å²) in [5.41, 5.74) is 2.19. The third kappa shape index (κ3) is 3.25. The molecule has 4 unspecified atom stereocenters. The molecule has 4 rings (SSSR count). The Kier molecular flexibility index (Phi) is 4.41. The summed E-state index contributed by atoms with van der Waals surface area (Å²) in [5, 5.41) is 6.28. The van der Waals surface area contributed by atoms with Gasteiger partial charge in [-0.3, -0.25) is 9.59 Å². The number of amides is 2. The number of nitrogens with one attached hydrogen (secondary N) is 2. The van der Waals surface area contributed by atoms with Gasteiger partial charge in [-0.25, -0.2) is 0 Å². The predicted octanol–water partition coefficient (Wildman–Crippen LogP) is 2.50. The Morgan fingerprint density at radius 3 is 3.00 bits per heavy atom. The number of carbonyl (C=O) groups excluding carboxylic acids is 2. The Morgan fingerprint density at radius 2 is 2.16 bits per heavy atom. The second-order valence-electron chi connectivity index (χ2n) is 7.16. The fraction of sp³-hybridized carbons (Fsp3) is 0.556. The largest absolute Gasteiger partial charge is 0.353 e. The summed E-state index contributed by atoms with van der Waals surface area (Å²) in [6, 6.07) is 5.71. The molecule has 7 heteroatoms. The number of hydrogen-bond acceptors (Lipinski definition) is 5. The van der Waals surface area contributed by atoms with Crippen molar-refractivity contribution in [3.05, 3.63) is 23.8 Å². The molecule has 2 aliphatic rings. The van der Waals surface area contributed by atoms with Gasteiger partial charge in [-0.1, -0.05) is 13.3 Å². The first kappa shape index (κ1) is 16.4. The van der Waals surface area contributed by atoms with Crippen LogP contribution in [0.25, 0.3) is 11.0 Å². The van der Waals surface area contributed by atoms with E-state index in [4.69, 9.17) is 0 Å². The van der Waals surface area contributed by atoms with Crippen molar-refractivity contribution in [2.24, 2.45) is 11.8 Å². The van der Waals surface area contributed by atoms with Gasteiger partial charge >= 0.3 is 0 Å². The molecule has 2 amide bonds. The maximum Gasteiger partial charge on any atom is 0.251 e. The van der Waals surface area contributed by atoms with Crippen LogP contribution in [0.15, 0.2) is 18.2 Å². The Hall–Kier alpha value is -2.02. The molecule has 132 valence electrons. The molecule has 1 aromatic carbocycles. The molecule has 1 saturated carbocycles. The average Bonchev–Trinajstić information content (AvgIpc) is 3.08. The van der Waals surface area contributed by atoms with Gasteiger partial charge in [0.2, 0.25) is 5.91 Å². The van der Waals surface area contributed by atoms with Crippen LogP contribution in [-0.2, 0) is 4.79 Å². The highest BCUT2D eigenvalue weighted by Gasteiger charge is 2.40. The quantitative estimate of drug-likeness (QED) is 0.883. The van der Waals surface area contributed by atoms with Gasteiger partial charge in [0.25, 0.3) is 5.91 Å². The topological polar surface area (TPSA) is 84.0 Å². The highest BCUT2D eigenvalue weighted by atomic mass is 32.1. The molecule has 2 aromatic rings. The van der Waals surface area contributed by atoms with Crippen LogP contribution in [0.5, 0.6) is 0 Å². The van der Waals surface area contributed by atoms with Crippen molar-refractivity contribution in [1.29, 1.82) is 0 Å². The summed E-state index contributed by atoms with van der Waals surface area (Å²) in [6.07, 6.45) is 4.55. The lowest BCUT2D eigenvalue weighted by Gasteiger charge is -2.44. The van der Waals surface area contributed by atoms with Gasteiger partial charge in [-0.2, -0.15) is 8.75 Å². The minimum Gasteiger partial charge on any atom is -0.353 e. The highest BCUT2D eigenvalue weighted by molar-refractivity contribution is 7.00. The third-order valence-corrected chi connectivity index (χ3v) is 6.24. The summed E-state index contributed by atoms with van der Waals surface area (Å²) in [5.74, 6) is 1.11. The summed E-state index contributed by atoms with van der Waals surface area (Å²) in [6.45, 7) is 2.16. The van der Waals surface area contributed by atoms with E-state index < -0.39 is 0 Å². The van der Waals surface area contributed by atoms with Crippen LogP contribution in [0.3, 0.4) is 0 Å². The van der Waals surface area contributed by atoms with Crippen LogP contribution >= 0.6 is 11.7 Å². The van der Waals surface area contributed by atoms with Gasteiger partial charge in [0.05, 0.1) is 11.7 Å². The van der Waals surface area contributed by atoms with E-state index in [-0.39, 0.29) is 23.9 Å². The molecule has 0 radical (unpaired) electrons. The van der Waals surface area contributed by atoms with Gasteiger partial charge in [0.1, 0.15) is 11.0 Å². The maximum atomic E-state index is 12.6. The molecule has 4 atom stereocenters. The molecule has 2 heterocycles. The second kappa shape index (κ2) is 6.71. The normalized spacial score (nSPS) is 29.1. The van der Waals surface area contributed by atoms with E-state index in [1.165, 1.54) is 0 Å². The van der Waals surface area contributed by atoms with E-state index in [0.717, 1.165) is 48.4 Å². The monoisotopic (exact) mass is 358 g/mol. The zero-order chi connectivity index (χ0) is 17.4. The molecule has 1 saturated heterocycles. The first-order valence-corrected chi connectivity index (χ1v) is 9.69. The first-order chi connectivity index (χ1) is 12.1. The van der Waals surface area contributed by atoms with Gasteiger partial charge in [0.15, 0.2) is 0 Å². The third-order valence-electron chi connectivity index (χ3n) is 5.68. The molecule has 2 N–H and O–H groups in total. The Bertz CT molecular complexity index is 805. The fourth-order valence-electron chi connectivity index (χ4n) is 4.35. The van der Waals surface area contributed by atoms with Crippen molar-refractivity contribution >= 4 is 34.6 Å². The first-order valence-electron chi connectivity index (χ1n) is 8.96. The minimum atomic E-state index is -0.0764. The summed E-state index contributed by atoms with van der Waals surface area (Å²) < 4.78 is 8.35. The van der Waals surface area contributed by atoms with E-state index in [9.17, 15) is 9.59 Å². The number of nitrogens with zero attached hydrogens (tertiary/aromatic N) is 2. The lowest BCUT2D eigenvalue weighted by Crippen LogP contribution is -2.55. The lowest BCUT2D eigenvalue weighted by molar-refractivity contribution is -0.127. The van der Waals surface area contributed by atoms with Crippen molar-refractivity contribution in [2.45, 2.75) is 51.1 Å². The van der Waals surface area contributed by atoms with Crippen molar-refractivity contribution in [1.82, 2.24) is 19.4 Å². The number of rotatable bonds is 3. The van der Waals surface area contributed by atoms with Crippen molar-refractivity contribution in [3.63, 3.8) is 0 Å². The lowest BCUT2D eigenvalue weighted by atomic mass is 9.70. The highest BCUT2D eigenvalue weighted by Crippen LogP contribution is 2.37. The van der Waals surface area contributed by atoms with Crippen LogP contribution < -0.4 is 10.6 Å². The van der Waals surface area contributed by atoms with Crippen LogP contribution in [-0.4, -0.2) is 32.6 Å². The molecular formula is C18H22N4O2S. The number of fused-ring (bicyclic) bond motifs is 2. The molecule has 2 fully saturated rings. The maximum absolute atomic E-state index is 12.6. The van der Waals surface area contributed by atoms with Crippen molar-refractivity contribution in [3.8, 4) is 0 Å². The van der Waals surface area contributed by atoms with E-state index in [1.54, 1.807) is 12.1 Å². The Labute approximate surface area is 150 Å². The van der Waals surface area contributed by atoms with E-state index in [0.29, 0.717) is 23.8 Å². The molecule has 1 aromatic heterocycles. The zero-order valence-corrected chi connectivity index (χ0v) is 15.0. The SMILES string of the molecule is CCC1CC(=O)NC2CC(NC(=O)c3ccc4nsnc4c3)CCC12. The minimum absolute atomic E-state index is 0.0764. The smallest absolute Gasteiger partial charge is 0.251 e. The molecule has 1 aliphatic heterocycles. The van der Waals surface area contributed by atoms with Crippen LogP contribution in [0.1, 0.15) is 49.4 Å². The zero-order valence-electron chi connectivity index (χ0n) is 14.2. The van der Waals surface area contributed by atoms with E-state index in [1.807, 2.05) is 6.07 Å². The van der Waals surface area contributed by atoms with E-state index >= 15 is 0 Å². The standard InChI is InChI=1S/C18H22N4O2S/c1-2-10-8-17(23)20-15-9-12(4-5-13(10)15)19-18(24)11-3-6-14-16(7-11)22-25-21-14/h3,6-7,10,12-13,15H,2,4-5,8-9H2,1H3,(H,19,24)(H,20,23). The van der Waals surface area contributed by atoms with Crippen LogP contribution in [0.4, 0.5) is 0 Å². The van der Waals surface area contributed by atoms with E-state index in [2.05, 4.69) is 26.3 Å². The molecule has 0 spiro atoms. The summed E-state index contributed by atoms with van der Waals surface area (Å²) in [7, 11) is 0. The van der Waals surface area contributed by atoms with Crippen LogP contribution in [0.2, 0.25) is 0 Å². The number of carbonyl (C=O) groups is 2. The van der Waals surface area contributed by atoms with Gasteiger partial charge < -0.3 is 10.6 Å². The second-order valence-corrected chi connectivity index (χ2v) is 7.69. The molecular weight excluding hydrogens is 336 g/mol. The van der Waals surface area contributed by atoms with Crippen molar-refractivity contribution < 1.29 is 9.59 Å². The fourth-order valence-corrected chi connectivity index (χ4v) is 4.87. The van der Waals surface area contributed by atoms with Gasteiger partial charge in [0, 0.05) is 24.1 Å². The number of benzene rings is 1. The summed E-state index contributed by atoms with van der Waals surface area (Å²) in [4.78, 5) is 24.5. The van der Waals surface area contributed by atoms with Gasteiger partial charge in [-0.05, 0) is 49.3 Å².